The number of nitrogens with zero attached hydrogens (tertiary/aromatic N) is 3. The van der Waals surface area contributed by atoms with Gasteiger partial charge in [0.05, 0.1) is 29.1 Å². The number of aromatic nitrogens is 2. The lowest BCUT2D eigenvalue weighted by atomic mass is 10.2. The first-order valence-electron chi connectivity index (χ1n) is 10.5. The maximum Gasteiger partial charge on any atom is 0.343 e. The van der Waals surface area contributed by atoms with Gasteiger partial charge in [-0.1, -0.05) is 24.3 Å². The van der Waals surface area contributed by atoms with Crippen molar-refractivity contribution in [2.75, 3.05) is 39.4 Å². The highest BCUT2D eigenvalue weighted by Crippen LogP contribution is 2.20. The summed E-state index contributed by atoms with van der Waals surface area (Å²) in [4.78, 5) is 28.0. The number of nitrogens with one attached hydrogen (secondary N) is 1. The van der Waals surface area contributed by atoms with E-state index in [4.69, 9.17) is 4.74 Å². The van der Waals surface area contributed by atoms with E-state index in [0.29, 0.717) is 31.8 Å². The third-order valence-corrected chi connectivity index (χ3v) is 7.16. The number of amides is 1. The molecule has 1 aromatic heterocycles. The lowest BCUT2D eigenvalue weighted by Crippen LogP contribution is -2.42. The Morgan fingerprint density at radius 2 is 1.78 bits per heavy atom. The molecule has 1 fully saturated rings. The van der Waals surface area contributed by atoms with Crippen LogP contribution in [0.3, 0.4) is 0 Å². The zero-order valence-electron chi connectivity index (χ0n) is 17.9. The SMILES string of the molecule is Cc1cccc(S(=O)(=O)n2c(=O)n(CC(=O)NCCN3CCOCC3)c3ccccc32)c1. The Labute approximate surface area is 186 Å². The first-order valence-corrected chi connectivity index (χ1v) is 11.9. The molecule has 10 heteroatoms. The van der Waals surface area contributed by atoms with Gasteiger partial charge in [0.15, 0.2) is 0 Å². The standard InChI is InChI=1S/C22H26N4O5S/c1-17-5-4-6-18(15-17)32(29,30)26-20-8-3-2-7-19(20)25(22(26)28)16-21(27)23-9-10-24-11-13-31-14-12-24/h2-8,15H,9-14,16H2,1H3,(H,23,27). The zero-order chi connectivity index (χ0) is 22.7. The first-order chi connectivity index (χ1) is 15.4. The van der Waals surface area contributed by atoms with Crippen molar-refractivity contribution in [3.05, 3.63) is 64.6 Å². The molecular weight excluding hydrogens is 432 g/mol. The number of hydrogen-bond donors (Lipinski definition) is 1. The van der Waals surface area contributed by atoms with E-state index >= 15 is 0 Å². The molecule has 0 unspecified atom stereocenters. The lowest BCUT2D eigenvalue weighted by molar-refractivity contribution is -0.121. The highest BCUT2D eigenvalue weighted by atomic mass is 32.2. The van der Waals surface area contributed by atoms with Crippen LogP contribution in [0.4, 0.5) is 0 Å². The maximum absolute atomic E-state index is 13.3. The van der Waals surface area contributed by atoms with E-state index in [1.54, 1.807) is 43.3 Å². The van der Waals surface area contributed by atoms with Crippen LogP contribution in [0.15, 0.2) is 58.2 Å². The molecule has 2 aromatic carbocycles. The number of hydrogen-bond acceptors (Lipinski definition) is 6. The average Bonchev–Trinajstić information content (AvgIpc) is 3.06. The van der Waals surface area contributed by atoms with Crippen molar-refractivity contribution in [3.63, 3.8) is 0 Å². The molecule has 2 heterocycles. The molecule has 32 heavy (non-hydrogen) atoms. The normalized spacial score (nSPS) is 15.2. The van der Waals surface area contributed by atoms with Gasteiger partial charge in [-0.25, -0.2) is 13.2 Å². The summed E-state index contributed by atoms with van der Waals surface area (Å²) in [6, 6.07) is 13.0. The number of aryl methyl sites for hydroxylation is 1. The molecule has 0 atom stereocenters. The highest BCUT2D eigenvalue weighted by molar-refractivity contribution is 7.90. The van der Waals surface area contributed by atoms with Gasteiger partial charge in [0, 0.05) is 26.2 Å². The fourth-order valence-corrected chi connectivity index (χ4v) is 5.34. The first kappa shape index (κ1) is 22.3. The topological polar surface area (TPSA) is 103 Å². The van der Waals surface area contributed by atoms with Gasteiger partial charge in [0.1, 0.15) is 6.54 Å². The average molecular weight is 459 g/mol. The van der Waals surface area contributed by atoms with E-state index in [2.05, 4.69) is 10.2 Å². The van der Waals surface area contributed by atoms with Crippen LogP contribution < -0.4 is 11.0 Å². The Kier molecular flexibility index (Phi) is 6.45. The molecule has 0 aliphatic carbocycles. The van der Waals surface area contributed by atoms with E-state index in [0.717, 1.165) is 22.6 Å². The van der Waals surface area contributed by atoms with Crippen LogP contribution >= 0.6 is 0 Å². The summed E-state index contributed by atoms with van der Waals surface area (Å²) >= 11 is 0. The van der Waals surface area contributed by atoms with Gasteiger partial charge in [-0.05, 0) is 36.8 Å². The van der Waals surface area contributed by atoms with Crippen LogP contribution in [-0.2, 0) is 26.1 Å². The van der Waals surface area contributed by atoms with Crippen molar-refractivity contribution >= 4 is 27.0 Å². The van der Waals surface area contributed by atoms with Crippen LogP contribution in [0, 0.1) is 6.92 Å². The van der Waals surface area contributed by atoms with Crippen molar-refractivity contribution in [3.8, 4) is 0 Å². The third kappa shape index (κ3) is 4.47. The van der Waals surface area contributed by atoms with Crippen molar-refractivity contribution < 1.29 is 17.9 Å². The fourth-order valence-electron chi connectivity index (χ4n) is 3.82. The Morgan fingerprint density at radius 3 is 2.50 bits per heavy atom. The van der Waals surface area contributed by atoms with Crippen LogP contribution in [0.5, 0.6) is 0 Å². The number of rotatable bonds is 7. The predicted octanol–water partition coefficient (Wildman–Crippen LogP) is 0.797. The minimum Gasteiger partial charge on any atom is -0.379 e. The van der Waals surface area contributed by atoms with E-state index in [9.17, 15) is 18.0 Å². The zero-order valence-corrected chi connectivity index (χ0v) is 18.7. The molecule has 1 N–H and O–H groups in total. The van der Waals surface area contributed by atoms with E-state index in [1.807, 2.05) is 0 Å². The molecular formula is C22H26N4O5S. The van der Waals surface area contributed by atoms with Crippen LogP contribution in [-0.4, -0.2) is 67.2 Å². The van der Waals surface area contributed by atoms with Crippen LogP contribution in [0.25, 0.3) is 11.0 Å². The summed E-state index contributed by atoms with van der Waals surface area (Å²) in [6.45, 7) is 5.64. The molecule has 1 saturated heterocycles. The Balaban J connectivity index is 1.60. The Hall–Kier alpha value is -2.95. The summed E-state index contributed by atoms with van der Waals surface area (Å²) in [7, 11) is -4.13. The van der Waals surface area contributed by atoms with Gasteiger partial charge < -0.3 is 10.1 Å². The summed E-state index contributed by atoms with van der Waals surface area (Å²) < 4.78 is 33.9. The largest absolute Gasteiger partial charge is 0.379 e. The number of morpholine rings is 1. The second-order valence-corrected chi connectivity index (χ2v) is 9.53. The Bertz CT molecular complexity index is 1290. The van der Waals surface area contributed by atoms with E-state index in [-0.39, 0.29) is 22.9 Å². The van der Waals surface area contributed by atoms with Gasteiger partial charge in [-0.15, -0.1) is 0 Å². The van der Waals surface area contributed by atoms with Gasteiger partial charge in [0.25, 0.3) is 10.0 Å². The molecule has 170 valence electrons. The molecule has 3 aromatic rings. The van der Waals surface area contributed by atoms with E-state index < -0.39 is 15.7 Å². The predicted molar refractivity (Wildman–Crippen MR) is 120 cm³/mol. The summed E-state index contributed by atoms with van der Waals surface area (Å²) in [5, 5.41) is 2.82. The number of carbonyl (C=O) groups is 1. The smallest absolute Gasteiger partial charge is 0.343 e. The minimum atomic E-state index is -4.13. The lowest BCUT2D eigenvalue weighted by Gasteiger charge is -2.26. The quantitative estimate of drug-likeness (QED) is 0.562. The van der Waals surface area contributed by atoms with Gasteiger partial charge >= 0.3 is 5.69 Å². The molecule has 1 aliphatic heterocycles. The van der Waals surface area contributed by atoms with Gasteiger partial charge in [-0.2, -0.15) is 3.97 Å². The minimum absolute atomic E-state index is 0.0254. The summed E-state index contributed by atoms with van der Waals surface area (Å²) in [5.74, 6) is -0.351. The number of imidazole rings is 1. The highest BCUT2D eigenvalue weighted by Gasteiger charge is 2.26. The van der Waals surface area contributed by atoms with Crippen molar-refractivity contribution in [1.29, 1.82) is 0 Å². The molecule has 4 rings (SSSR count). The fraction of sp³-hybridized carbons (Fsp3) is 0.364. The Morgan fingerprint density at radius 1 is 1.06 bits per heavy atom. The van der Waals surface area contributed by atoms with E-state index in [1.165, 1.54) is 16.7 Å². The molecule has 0 saturated carbocycles. The second kappa shape index (κ2) is 9.27. The van der Waals surface area contributed by atoms with Crippen LogP contribution in [0.2, 0.25) is 0 Å². The molecule has 0 bridgehead atoms. The van der Waals surface area contributed by atoms with Crippen molar-refractivity contribution in [2.24, 2.45) is 0 Å². The van der Waals surface area contributed by atoms with Gasteiger partial charge in [-0.3, -0.25) is 14.3 Å². The number of fused-ring (bicyclic) bond motifs is 1. The van der Waals surface area contributed by atoms with Crippen molar-refractivity contribution in [2.45, 2.75) is 18.4 Å². The van der Waals surface area contributed by atoms with Crippen LogP contribution in [0.1, 0.15) is 5.56 Å². The molecule has 1 aliphatic rings. The number of ether oxygens (including phenoxy) is 1. The second-order valence-electron chi connectivity index (χ2n) is 7.75. The van der Waals surface area contributed by atoms with Crippen molar-refractivity contribution in [1.82, 2.24) is 18.8 Å². The number of carbonyl (C=O) groups excluding carboxylic acids is 1. The molecule has 0 spiro atoms. The monoisotopic (exact) mass is 458 g/mol. The summed E-state index contributed by atoms with van der Waals surface area (Å²) in [6.07, 6.45) is 0. The third-order valence-electron chi connectivity index (χ3n) is 5.48. The maximum atomic E-state index is 13.3. The number of benzene rings is 2. The molecule has 1 amide bonds. The molecule has 0 radical (unpaired) electrons. The summed E-state index contributed by atoms with van der Waals surface area (Å²) in [5.41, 5.74) is 0.621. The van der Waals surface area contributed by atoms with Gasteiger partial charge in [0.2, 0.25) is 5.91 Å². The number of para-hydroxylation sites is 2. The molecule has 9 nitrogen and oxygen atoms in total.